The van der Waals surface area contributed by atoms with E-state index in [4.69, 9.17) is 0 Å². The number of rotatable bonds is 7. The maximum Gasteiger partial charge on any atom is 0.387 e. The molecule has 0 heterocycles. The topological polar surface area (TPSA) is 47.6 Å². The highest BCUT2D eigenvalue weighted by molar-refractivity contribution is 5.92. The second kappa shape index (κ2) is 8.26. The second-order valence-electron chi connectivity index (χ2n) is 4.45. The van der Waals surface area contributed by atoms with Crippen molar-refractivity contribution in [2.24, 2.45) is 0 Å². The summed E-state index contributed by atoms with van der Waals surface area (Å²) in [5, 5.41) is 2.57. The van der Waals surface area contributed by atoms with Crippen molar-refractivity contribution in [1.82, 2.24) is 5.32 Å². The van der Waals surface area contributed by atoms with E-state index in [9.17, 15) is 22.4 Å². The van der Waals surface area contributed by atoms with E-state index in [-0.39, 0.29) is 23.1 Å². The Bertz CT molecular complexity index is 533. The van der Waals surface area contributed by atoms with E-state index in [1.165, 1.54) is 12.1 Å². The zero-order valence-electron chi connectivity index (χ0n) is 11.9. The third-order valence-electron chi connectivity index (χ3n) is 2.27. The van der Waals surface area contributed by atoms with Crippen LogP contribution in [0.25, 0.3) is 6.08 Å². The molecule has 22 heavy (non-hydrogen) atoms. The molecule has 0 aliphatic heterocycles. The summed E-state index contributed by atoms with van der Waals surface area (Å²) >= 11 is 0. The zero-order valence-corrected chi connectivity index (χ0v) is 11.9. The number of amides is 1. The lowest BCUT2D eigenvalue weighted by Crippen LogP contribution is -2.28. The van der Waals surface area contributed by atoms with Crippen LogP contribution >= 0.6 is 0 Å². The van der Waals surface area contributed by atoms with Gasteiger partial charge in [-0.1, -0.05) is 0 Å². The summed E-state index contributed by atoms with van der Waals surface area (Å²) in [7, 11) is 0. The molecule has 8 heteroatoms. The number of nitrogens with one attached hydrogen (secondary N) is 1. The molecule has 0 bridgehead atoms. The van der Waals surface area contributed by atoms with Crippen LogP contribution in [0.15, 0.2) is 24.3 Å². The van der Waals surface area contributed by atoms with Gasteiger partial charge in [0.1, 0.15) is 11.5 Å². The van der Waals surface area contributed by atoms with Crippen molar-refractivity contribution in [3.63, 3.8) is 0 Å². The zero-order chi connectivity index (χ0) is 16.7. The summed E-state index contributed by atoms with van der Waals surface area (Å²) in [5.74, 6) is -1.12. The number of ether oxygens (including phenoxy) is 2. The predicted molar refractivity (Wildman–Crippen MR) is 72.0 cm³/mol. The molecule has 0 spiro atoms. The minimum atomic E-state index is -3.14. The van der Waals surface area contributed by atoms with E-state index in [1.807, 2.05) is 0 Å². The molecule has 0 saturated carbocycles. The van der Waals surface area contributed by atoms with Gasteiger partial charge in [-0.05, 0) is 32.1 Å². The lowest BCUT2D eigenvalue weighted by atomic mass is 10.1. The van der Waals surface area contributed by atoms with Gasteiger partial charge in [0.05, 0.1) is 0 Å². The van der Waals surface area contributed by atoms with E-state index in [1.54, 1.807) is 13.8 Å². The third-order valence-corrected chi connectivity index (χ3v) is 2.27. The van der Waals surface area contributed by atoms with Crippen molar-refractivity contribution in [2.75, 3.05) is 0 Å². The Morgan fingerprint density at radius 3 is 2.32 bits per heavy atom. The monoisotopic (exact) mass is 321 g/mol. The van der Waals surface area contributed by atoms with Gasteiger partial charge in [-0.15, -0.1) is 0 Å². The van der Waals surface area contributed by atoms with Crippen molar-refractivity contribution in [3.8, 4) is 11.5 Å². The Balaban J connectivity index is 2.96. The number of carbonyl (C=O) groups is 1. The summed E-state index contributed by atoms with van der Waals surface area (Å²) in [6, 6.07) is 3.20. The molecule has 0 radical (unpaired) electrons. The van der Waals surface area contributed by atoms with Gasteiger partial charge < -0.3 is 14.8 Å². The summed E-state index contributed by atoms with van der Waals surface area (Å²) in [6.07, 6.45) is 2.36. The van der Waals surface area contributed by atoms with E-state index < -0.39 is 19.1 Å². The van der Waals surface area contributed by atoms with Gasteiger partial charge in [0, 0.05) is 23.7 Å². The Morgan fingerprint density at radius 1 is 1.14 bits per heavy atom. The largest absolute Gasteiger partial charge is 0.435 e. The average molecular weight is 321 g/mol. The molecule has 1 rings (SSSR count). The molecular formula is C14H15F4NO3. The molecule has 0 aliphatic rings. The van der Waals surface area contributed by atoms with Gasteiger partial charge >= 0.3 is 13.2 Å². The van der Waals surface area contributed by atoms with E-state index in [0.29, 0.717) is 0 Å². The quantitative estimate of drug-likeness (QED) is 0.618. The first kappa shape index (κ1) is 17.8. The van der Waals surface area contributed by atoms with Crippen LogP contribution in [0.5, 0.6) is 11.5 Å². The minimum absolute atomic E-state index is 0.0873. The highest BCUT2D eigenvalue weighted by Crippen LogP contribution is 2.28. The molecule has 1 aromatic carbocycles. The standard InChI is InChI=1S/C14H15F4NO3/c1-8(2)19-12(20)6-4-9-3-5-10(21-13(15)16)7-11(9)22-14(17)18/h3-8,13-14H,1-2H3,(H,19,20)/b6-4+. The fourth-order valence-electron chi connectivity index (χ4n) is 1.52. The first-order chi connectivity index (χ1) is 10.3. The number of alkyl halides is 4. The van der Waals surface area contributed by atoms with Gasteiger partial charge in [0.15, 0.2) is 0 Å². The summed E-state index contributed by atoms with van der Waals surface area (Å²) in [4.78, 5) is 11.5. The predicted octanol–water partition coefficient (Wildman–Crippen LogP) is 3.43. The molecule has 0 aliphatic carbocycles. The Morgan fingerprint density at radius 2 is 1.77 bits per heavy atom. The van der Waals surface area contributed by atoms with E-state index >= 15 is 0 Å². The first-order valence-corrected chi connectivity index (χ1v) is 6.30. The molecule has 0 aromatic heterocycles. The van der Waals surface area contributed by atoms with Gasteiger partial charge in [-0.3, -0.25) is 4.79 Å². The van der Waals surface area contributed by atoms with Crippen LogP contribution in [0.4, 0.5) is 17.6 Å². The molecule has 1 N–H and O–H groups in total. The number of halogens is 4. The Labute approximate surface area is 124 Å². The lowest BCUT2D eigenvalue weighted by molar-refractivity contribution is -0.116. The van der Waals surface area contributed by atoms with Crippen LogP contribution in [-0.2, 0) is 4.79 Å². The van der Waals surface area contributed by atoms with E-state index in [0.717, 1.165) is 18.2 Å². The Hall–Kier alpha value is -2.25. The van der Waals surface area contributed by atoms with Crippen LogP contribution < -0.4 is 14.8 Å². The van der Waals surface area contributed by atoms with Crippen molar-refractivity contribution < 1.29 is 31.8 Å². The molecule has 0 unspecified atom stereocenters. The van der Waals surface area contributed by atoms with Crippen molar-refractivity contribution in [1.29, 1.82) is 0 Å². The van der Waals surface area contributed by atoms with Crippen LogP contribution in [-0.4, -0.2) is 25.2 Å². The number of benzene rings is 1. The summed E-state index contributed by atoms with van der Waals surface area (Å²) in [6.45, 7) is -2.71. The molecule has 1 amide bonds. The molecule has 0 atom stereocenters. The fourth-order valence-corrected chi connectivity index (χ4v) is 1.52. The normalized spacial score (nSPS) is 11.5. The maximum absolute atomic E-state index is 12.4. The molecular weight excluding hydrogens is 306 g/mol. The molecule has 4 nitrogen and oxygen atoms in total. The summed E-state index contributed by atoms with van der Waals surface area (Å²) in [5.41, 5.74) is 0.126. The van der Waals surface area contributed by atoms with E-state index in [2.05, 4.69) is 14.8 Å². The van der Waals surface area contributed by atoms with Gasteiger partial charge in [-0.25, -0.2) is 0 Å². The van der Waals surface area contributed by atoms with Crippen molar-refractivity contribution in [3.05, 3.63) is 29.8 Å². The fraction of sp³-hybridized carbons (Fsp3) is 0.357. The van der Waals surface area contributed by atoms with Gasteiger partial charge in [0.2, 0.25) is 5.91 Å². The van der Waals surface area contributed by atoms with Gasteiger partial charge in [-0.2, -0.15) is 17.6 Å². The average Bonchev–Trinajstić information content (AvgIpc) is 2.35. The van der Waals surface area contributed by atoms with Crippen molar-refractivity contribution >= 4 is 12.0 Å². The number of hydrogen-bond donors (Lipinski definition) is 1. The SMILES string of the molecule is CC(C)NC(=O)/C=C/c1ccc(OC(F)F)cc1OC(F)F. The maximum atomic E-state index is 12.4. The third kappa shape index (κ3) is 6.47. The first-order valence-electron chi connectivity index (χ1n) is 6.30. The Kier molecular flexibility index (Phi) is 6.68. The second-order valence-corrected chi connectivity index (χ2v) is 4.45. The minimum Gasteiger partial charge on any atom is -0.435 e. The summed E-state index contributed by atoms with van der Waals surface area (Å²) < 4.78 is 57.3. The van der Waals surface area contributed by atoms with Crippen LogP contribution in [0, 0.1) is 0 Å². The highest BCUT2D eigenvalue weighted by Gasteiger charge is 2.12. The molecule has 1 aromatic rings. The number of carbonyl (C=O) groups excluding carboxylic acids is 1. The van der Waals surface area contributed by atoms with Crippen LogP contribution in [0.1, 0.15) is 19.4 Å². The smallest absolute Gasteiger partial charge is 0.387 e. The van der Waals surface area contributed by atoms with Crippen molar-refractivity contribution in [2.45, 2.75) is 33.1 Å². The molecule has 122 valence electrons. The molecule has 0 saturated heterocycles. The number of hydrogen-bond acceptors (Lipinski definition) is 3. The molecule has 0 fully saturated rings. The van der Waals surface area contributed by atoms with Gasteiger partial charge in [0.25, 0.3) is 0 Å². The van der Waals surface area contributed by atoms with Crippen LogP contribution in [0.2, 0.25) is 0 Å². The lowest BCUT2D eigenvalue weighted by Gasteiger charge is -2.11. The highest BCUT2D eigenvalue weighted by atomic mass is 19.3. The van der Waals surface area contributed by atoms with Crippen LogP contribution in [0.3, 0.4) is 0 Å².